The van der Waals surface area contributed by atoms with Crippen LogP contribution in [0.5, 0.6) is 11.5 Å². The van der Waals surface area contributed by atoms with E-state index in [0.717, 1.165) is 5.56 Å². The molecule has 7 nitrogen and oxygen atoms in total. The van der Waals surface area contributed by atoms with Gasteiger partial charge in [0, 0.05) is 12.4 Å². The molecule has 0 aliphatic carbocycles. The van der Waals surface area contributed by atoms with Crippen LogP contribution in [-0.2, 0) is 0 Å². The Morgan fingerprint density at radius 1 is 1.15 bits per heavy atom. The molecule has 0 spiro atoms. The summed E-state index contributed by atoms with van der Waals surface area (Å²) < 4.78 is 10.6. The molecule has 0 aliphatic heterocycles. The molecule has 1 N–H and O–H groups in total. The first kappa shape index (κ1) is 18.8. The Balaban J connectivity index is 1.78. The van der Waals surface area contributed by atoms with E-state index in [1.165, 1.54) is 11.3 Å². The van der Waals surface area contributed by atoms with Gasteiger partial charge >= 0.3 is 0 Å². The standard InChI is InChI=1S/C19H20N4O3S/c1-11(13-6-7-14(25-3)15(10-13)26-4)22-18(24)16-12(2)23-19(27-16)17-20-8-5-9-21-17/h5-11H,1-4H3,(H,22,24). The van der Waals surface area contributed by atoms with Crippen molar-refractivity contribution >= 4 is 17.2 Å². The first-order valence-corrected chi connectivity index (χ1v) is 9.12. The first-order chi connectivity index (χ1) is 13.0. The molecular formula is C19H20N4O3S. The molecule has 1 unspecified atom stereocenters. The second-order valence-electron chi connectivity index (χ2n) is 5.82. The number of hydrogen-bond acceptors (Lipinski definition) is 7. The second kappa shape index (κ2) is 8.13. The minimum atomic E-state index is -0.213. The number of aromatic nitrogens is 3. The molecule has 27 heavy (non-hydrogen) atoms. The maximum absolute atomic E-state index is 12.7. The number of benzene rings is 1. The van der Waals surface area contributed by atoms with Gasteiger partial charge in [0.15, 0.2) is 22.3 Å². The molecule has 8 heteroatoms. The SMILES string of the molecule is COc1ccc(C(C)NC(=O)c2sc(-c3ncccn3)nc2C)cc1OC. The van der Waals surface area contributed by atoms with E-state index in [1.807, 2.05) is 25.1 Å². The maximum atomic E-state index is 12.7. The van der Waals surface area contributed by atoms with E-state index in [-0.39, 0.29) is 11.9 Å². The molecule has 0 saturated carbocycles. The molecule has 0 bridgehead atoms. The Kier molecular flexibility index (Phi) is 5.66. The fourth-order valence-electron chi connectivity index (χ4n) is 2.58. The van der Waals surface area contributed by atoms with E-state index in [0.29, 0.717) is 32.9 Å². The predicted octanol–water partition coefficient (Wildman–Crippen LogP) is 3.42. The summed E-state index contributed by atoms with van der Waals surface area (Å²) in [5.41, 5.74) is 1.56. The van der Waals surface area contributed by atoms with Crippen LogP contribution in [0.4, 0.5) is 0 Å². The van der Waals surface area contributed by atoms with Gasteiger partial charge in [-0.2, -0.15) is 0 Å². The highest BCUT2D eigenvalue weighted by molar-refractivity contribution is 7.17. The number of carbonyl (C=O) groups excluding carboxylic acids is 1. The highest BCUT2D eigenvalue weighted by atomic mass is 32.1. The Hall–Kier alpha value is -3.00. The summed E-state index contributed by atoms with van der Waals surface area (Å²) in [7, 11) is 3.17. The van der Waals surface area contributed by atoms with Crippen molar-refractivity contribution in [2.75, 3.05) is 14.2 Å². The molecule has 1 atom stereocenters. The van der Waals surface area contributed by atoms with Gasteiger partial charge in [0.25, 0.3) is 5.91 Å². The number of carbonyl (C=O) groups is 1. The summed E-state index contributed by atoms with van der Waals surface area (Å²) in [6, 6.07) is 7.10. The van der Waals surface area contributed by atoms with Crippen LogP contribution in [0.2, 0.25) is 0 Å². The lowest BCUT2D eigenvalue weighted by Gasteiger charge is -2.16. The zero-order valence-electron chi connectivity index (χ0n) is 15.5. The predicted molar refractivity (Wildman–Crippen MR) is 103 cm³/mol. The monoisotopic (exact) mass is 384 g/mol. The summed E-state index contributed by atoms with van der Waals surface area (Å²) in [6.45, 7) is 3.72. The molecule has 0 fully saturated rings. The second-order valence-corrected chi connectivity index (χ2v) is 6.81. The summed E-state index contributed by atoms with van der Waals surface area (Å²) in [5.74, 6) is 1.59. The van der Waals surface area contributed by atoms with Crippen molar-refractivity contribution in [1.29, 1.82) is 0 Å². The minimum absolute atomic E-state index is 0.186. The van der Waals surface area contributed by atoms with E-state index in [9.17, 15) is 4.79 Å². The Labute approximate surface area is 161 Å². The number of rotatable bonds is 6. The van der Waals surface area contributed by atoms with Crippen molar-refractivity contribution in [2.24, 2.45) is 0 Å². The van der Waals surface area contributed by atoms with Gasteiger partial charge in [-0.3, -0.25) is 4.79 Å². The van der Waals surface area contributed by atoms with Crippen LogP contribution in [0.15, 0.2) is 36.7 Å². The number of methoxy groups -OCH3 is 2. The van der Waals surface area contributed by atoms with Crippen LogP contribution in [0.25, 0.3) is 10.8 Å². The lowest BCUT2D eigenvalue weighted by atomic mass is 10.1. The number of nitrogens with one attached hydrogen (secondary N) is 1. The van der Waals surface area contributed by atoms with Gasteiger partial charge in [0.1, 0.15) is 4.88 Å². The van der Waals surface area contributed by atoms with Crippen molar-refractivity contribution in [3.63, 3.8) is 0 Å². The van der Waals surface area contributed by atoms with Crippen LogP contribution in [0.1, 0.15) is 33.9 Å². The van der Waals surface area contributed by atoms with Gasteiger partial charge < -0.3 is 14.8 Å². The van der Waals surface area contributed by atoms with E-state index in [2.05, 4.69) is 20.3 Å². The molecule has 2 heterocycles. The van der Waals surface area contributed by atoms with E-state index >= 15 is 0 Å². The van der Waals surface area contributed by atoms with Crippen molar-refractivity contribution in [3.05, 3.63) is 52.8 Å². The molecule has 0 radical (unpaired) electrons. The van der Waals surface area contributed by atoms with Crippen LogP contribution in [0.3, 0.4) is 0 Å². The van der Waals surface area contributed by atoms with Crippen molar-refractivity contribution < 1.29 is 14.3 Å². The van der Waals surface area contributed by atoms with Gasteiger partial charge in [0.2, 0.25) is 0 Å². The lowest BCUT2D eigenvalue weighted by molar-refractivity contribution is 0.0943. The van der Waals surface area contributed by atoms with Gasteiger partial charge in [-0.15, -0.1) is 11.3 Å². The van der Waals surface area contributed by atoms with Crippen LogP contribution in [-0.4, -0.2) is 35.1 Å². The molecule has 140 valence electrons. The number of amides is 1. The zero-order valence-corrected chi connectivity index (χ0v) is 16.3. The molecule has 3 rings (SSSR count). The Morgan fingerprint density at radius 2 is 1.85 bits per heavy atom. The fourth-order valence-corrected chi connectivity index (χ4v) is 3.50. The van der Waals surface area contributed by atoms with E-state index < -0.39 is 0 Å². The third-order valence-electron chi connectivity index (χ3n) is 4.02. The maximum Gasteiger partial charge on any atom is 0.263 e. The smallest absolute Gasteiger partial charge is 0.263 e. The molecule has 3 aromatic rings. The molecule has 0 saturated heterocycles. The molecular weight excluding hydrogens is 364 g/mol. The molecule has 1 aromatic carbocycles. The number of hydrogen-bond donors (Lipinski definition) is 1. The van der Waals surface area contributed by atoms with E-state index in [1.54, 1.807) is 39.6 Å². The molecule has 1 amide bonds. The van der Waals surface area contributed by atoms with Gasteiger partial charge in [0.05, 0.1) is 26.0 Å². The van der Waals surface area contributed by atoms with Gasteiger partial charge in [-0.1, -0.05) is 6.07 Å². The van der Waals surface area contributed by atoms with Crippen molar-refractivity contribution in [2.45, 2.75) is 19.9 Å². The summed E-state index contributed by atoms with van der Waals surface area (Å²) in [6.07, 6.45) is 3.30. The van der Waals surface area contributed by atoms with Crippen LogP contribution in [0, 0.1) is 6.92 Å². The molecule has 0 aliphatic rings. The van der Waals surface area contributed by atoms with Gasteiger partial charge in [-0.05, 0) is 37.6 Å². The average molecular weight is 384 g/mol. The van der Waals surface area contributed by atoms with Crippen LogP contribution < -0.4 is 14.8 Å². The number of aryl methyl sites for hydroxylation is 1. The largest absolute Gasteiger partial charge is 0.493 e. The summed E-state index contributed by atoms with van der Waals surface area (Å²) >= 11 is 1.28. The first-order valence-electron chi connectivity index (χ1n) is 8.31. The number of nitrogens with zero attached hydrogens (tertiary/aromatic N) is 3. The quantitative estimate of drug-likeness (QED) is 0.701. The molecule has 2 aromatic heterocycles. The summed E-state index contributed by atoms with van der Waals surface area (Å²) in [4.78, 5) is 26.1. The minimum Gasteiger partial charge on any atom is -0.493 e. The number of thiazole rings is 1. The topological polar surface area (TPSA) is 86.2 Å². The Bertz CT molecular complexity index is 943. The van der Waals surface area contributed by atoms with Crippen molar-refractivity contribution in [1.82, 2.24) is 20.3 Å². The van der Waals surface area contributed by atoms with Crippen molar-refractivity contribution in [3.8, 4) is 22.3 Å². The van der Waals surface area contributed by atoms with Gasteiger partial charge in [-0.25, -0.2) is 15.0 Å². The summed E-state index contributed by atoms with van der Waals surface area (Å²) in [5, 5.41) is 3.62. The normalized spacial score (nSPS) is 11.7. The van der Waals surface area contributed by atoms with E-state index in [4.69, 9.17) is 9.47 Å². The highest BCUT2D eigenvalue weighted by Gasteiger charge is 2.20. The number of ether oxygens (including phenoxy) is 2. The van der Waals surface area contributed by atoms with Crippen LogP contribution >= 0.6 is 11.3 Å². The fraction of sp³-hybridized carbons (Fsp3) is 0.263. The Morgan fingerprint density at radius 3 is 2.52 bits per heavy atom. The lowest BCUT2D eigenvalue weighted by Crippen LogP contribution is -2.26. The third-order valence-corrected chi connectivity index (χ3v) is 5.17. The zero-order chi connectivity index (χ0) is 19.4. The third kappa shape index (κ3) is 4.06. The highest BCUT2D eigenvalue weighted by Crippen LogP contribution is 2.30. The average Bonchev–Trinajstić information content (AvgIpc) is 3.09.